The molecule has 188 valence electrons. The summed E-state index contributed by atoms with van der Waals surface area (Å²) in [6.07, 6.45) is 8.55. The fraction of sp³-hybridized carbons (Fsp3) is 0.533. The van der Waals surface area contributed by atoms with Crippen molar-refractivity contribution in [3.8, 4) is 0 Å². The van der Waals surface area contributed by atoms with Crippen LogP contribution in [-0.2, 0) is 22.5 Å². The van der Waals surface area contributed by atoms with E-state index in [-0.39, 0.29) is 17.3 Å². The van der Waals surface area contributed by atoms with Crippen molar-refractivity contribution >= 4 is 11.9 Å². The molecule has 0 radical (unpaired) electrons. The number of fused-ring (bicyclic) bond motifs is 1. The number of methoxy groups -OCH3 is 1. The van der Waals surface area contributed by atoms with E-state index in [9.17, 15) is 9.59 Å². The van der Waals surface area contributed by atoms with E-state index in [1.54, 1.807) is 11.2 Å². The van der Waals surface area contributed by atoms with Crippen LogP contribution in [0.4, 0.5) is 0 Å². The van der Waals surface area contributed by atoms with Crippen LogP contribution in [0.1, 0.15) is 74.1 Å². The van der Waals surface area contributed by atoms with Crippen molar-refractivity contribution in [3.63, 3.8) is 0 Å². The van der Waals surface area contributed by atoms with Crippen LogP contribution in [0.5, 0.6) is 0 Å². The van der Waals surface area contributed by atoms with Gasteiger partial charge in [0, 0.05) is 12.6 Å². The number of ether oxygens (including phenoxy) is 1. The minimum atomic E-state index is -0.429. The van der Waals surface area contributed by atoms with Gasteiger partial charge in [-0.2, -0.15) is 0 Å². The number of allylic oxidation sites excluding steroid dienone is 1. The maximum atomic E-state index is 12.8. The molecule has 1 aromatic heterocycles. The largest absolute Gasteiger partial charge is 0.469 e. The fourth-order valence-corrected chi connectivity index (χ4v) is 7.08. The molecule has 4 rings (SSSR count). The minimum Gasteiger partial charge on any atom is -0.469 e. The molecule has 1 heterocycles. The van der Waals surface area contributed by atoms with Gasteiger partial charge in [-0.05, 0) is 86.5 Å². The molecule has 2 fully saturated rings. The van der Waals surface area contributed by atoms with Crippen LogP contribution in [0.3, 0.4) is 0 Å². The molecule has 4 atom stereocenters. The van der Waals surface area contributed by atoms with Gasteiger partial charge in [0.15, 0.2) is 0 Å². The number of hydrogen-bond acceptors (Lipinski definition) is 4. The smallest absolute Gasteiger partial charge is 0.311 e. The Morgan fingerprint density at radius 1 is 1.17 bits per heavy atom. The number of rotatable bonds is 7. The lowest BCUT2D eigenvalue weighted by molar-refractivity contribution is -0.168. The fourth-order valence-electron chi connectivity index (χ4n) is 7.08. The highest BCUT2D eigenvalue weighted by atomic mass is 16.5. The van der Waals surface area contributed by atoms with Gasteiger partial charge in [0.05, 0.1) is 25.3 Å². The molecule has 5 nitrogen and oxygen atoms in total. The second-order valence-corrected chi connectivity index (χ2v) is 11.0. The van der Waals surface area contributed by atoms with Gasteiger partial charge >= 0.3 is 5.97 Å². The molecule has 0 spiro atoms. The number of benzene rings is 1. The highest BCUT2D eigenvalue weighted by Gasteiger charge is 2.57. The molecule has 1 amide bonds. The zero-order chi connectivity index (χ0) is 25.2. The van der Waals surface area contributed by atoms with Crippen molar-refractivity contribution in [2.75, 3.05) is 14.2 Å². The first-order valence-corrected chi connectivity index (χ1v) is 12.8. The monoisotopic (exact) mass is 477 g/mol. The van der Waals surface area contributed by atoms with Crippen LogP contribution in [0, 0.1) is 22.7 Å². The van der Waals surface area contributed by atoms with E-state index in [1.807, 2.05) is 43.4 Å². The number of nitrogens with zero attached hydrogens (tertiary/aromatic N) is 1. The predicted octanol–water partition coefficient (Wildman–Crippen LogP) is 6.44. The van der Waals surface area contributed by atoms with Gasteiger partial charge in [-0.25, -0.2) is 0 Å². The van der Waals surface area contributed by atoms with E-state index in [2.05, 4.69) is 20.4 Å². The normalized spacial score (nSPS) is 28.3. The second-order valence-electron chi connectivity index (χ2n) is 11.0. The van der Waals surface area contributed by atoms with Crippen molar-refractivity contribution in [1.29, 1.82) is 0 Å². The quantitative estimate of drug-likeness (QED) is 0.340. The Morgan fingerprint density at radius 3 is 2.63 bits per heavy atom. The molecule has 2 aliphatic rings. The van der Waals surface area contributed by atoms with Crippen molar-refractivity contribution in [2.45, 2.75) is 65.3 Å². The predicted molar refractivity (Wildman–Crippen MR) is 137 cm³/mol. The first kappa shape index (κ1) is 25.3. The second kappa shape index (κ2) is 10.0. The number of hydrogen-bond donors (Lipinski definition) is 0. The van der Waals surface area contributed by atoms with Crippen molar-refractivity contribution in [3.05, 3.63) is 71.7 Å². The summed E-state index contributed by atoms with van der Waals surface area (Å²) in [5, 5.41) is 0. The number of esters is 1. The van der Waals surface area contributed by atoms with Gasteiger partial charge < -0.3 is 14.1 Å². The standard InChI is InChI=1S/C30H39NO4/c1-21-12-15-26-29(2,17-9-18-30(26,3)28(33)34-5)24(21)14-13-22-16-19-35-25(22)20-31(4)27(32)23-10-7-6-8-11-23/h6-8,10-11,16,19,24,26H,1,9,12-15,17-18,20H2,2-5H3/t24-,26-,29-,30+/m0/s1. The molecule has 2 aromatic rings. The van der Waals surface area contributed by atoms with Crippen molar-refractivity contribution < 1.29 is 18.7 Å². The van der Waals surface area contributed by atoms with Crippen molar-refractivity contribution in [2.24, 2.45) is 22.7 Å². The minimum absolute atomic E-state index is 0.0201. The molecule has 0 N–H and O–H groups in total. The maximum Gasteiger partial charge on any atom is 0.311 e. The lowest BCUT2D eigenvalue weighted by Gasteiger charge is -2.57. The number of carbonyl (C=O) groups is 2. The molecular weight excluding hydrogens is 438 g/mol. The third-order valence-corrected chi connectivity index (χ3v) is 8.96. The Kier molecular flexibility index (Phi) is 7.25. The van der Waals surface area contributed by atoms with Gasteiger partial charge in [-0.15, -0.1) is 0 Å². The van der Waals surface area contributed by atoms with Crippen molar-refractivity contribution in [1.82, 2.24) is 4.90 Å². The topological polar surface area (TPSA) is 59.8 Å². The molecule has 1 aromatic carbocycles. The zero-order valence-electron chi connectivity index (χ0n) is 21.6. The van der Waals surface area contributed by atoms with Crippen LogP contribution >= 0.6 is 0 Å². The first-order chi connectivity index (χ1) is 16.7. The Hall–Kier alpha value is -2.82. The summed E-state index contributed by atoms with van der Waals surface area (Å²) in [5.74, 6) is 1.39. The molecule has 2 aliphatic carbocycles. The lowest BCUT2D eigenvalue weighted by Crippen LogP contribution is -2.53. The van der Waals surface area contributed by atoms with Crippen LogP contribution < -0.4 is 0 Å². The molecule has 5 heteroatoms. The van der Waals surface area contributed by atoms with Crippen LogP contribution in [0.15, 0.2) is 59.2 Å². The van der Waals surface area contributed by atoms with E-state index in [0.29, 0.717) is 23.9 Å². The highest BCUT2D eigenvalue weighted by Crippen LogP contribution is 2.62. The van der Waals surface area contributed by atoms with E-state index in [4.69, 9.17) is 9.15 Å². The van der Waals surface area contributed by atoms with E-state index < -0.39 is 5.41 Å². The maximum absolute atomic E-state index is 12.8. The van der Waals surface area contributed by atoms with Crippen LogP contribution in [0.2, 0.25) is 0 Å². The molecule has 35 heavy (non-hydrogen) atoms. The number of amides is 1. The summed E-state index contributed by atoms with van der Waals surface area (Å²) in [4.78, 5) is 27.3. The molecular formula is C30H39NO4. The zero-order valence-corrected chi connectivity index (χ0v) is 21.6. The molecule has 0 bridgehead atoms. The Bertz CT molecular complexity index is 1070. The number of carbonyl (C=O) groups excluding carboxylic acids is 2. The van der Waals surface area contributed by atoms with Gasteiger partial charge in [0.1, 0.15) is 5.76 Å². The molecule has 0 saturated heterocycles. The average Bonchev–Trinajstić information content (AvgIpc) is 3.29. The SMILES string of the molecule is C=C1CC[C@H]2[C@@](C)(CCC[C@@]2(C)C(=O)OC)[C@H]1CCc1ccoc1CN(C)C(=O)c1ccccc1. The summed E-state index contributed by atoms with van der Waals surface area (Å²) in [5.41, 5.74) is 2.72. The molecule has 0 unspecified atom stereocenters. The Labute approximate surface area is 209 Å². The molecule has 2 saturated carbocycles. The number of furan rings is 1. The van der Waals surface area contributed by atoms with E-state index in [1.165, 1.54) is 12.7 Å². The summed E-state index contributed by atoms with van der Waals surface area (Å²) in [6, 6.07) is 11.4. The summed E-state index contributed by atoms with van der Waals surface area (Å²) in [6.45, 7) is 9.39. The van der Waals surface area contributed by atoms with E-state index in [0.717, 1.165) is 56.3 Å². The van der Waals surface area contributed by atoms with E-state index >= 15 is 0 Å². The van der Waals surface area contributed by atoms with Gasteiger partial charge in [-0.1, -0.05) is 43.7 Å². The highest BCUT2D eigenvalue weighted by molar-refractivity contribution is 5.93. The Balaban J connectivity index is 1.48. The van der Waals surface area contributed by atoms with Crippen LogP contribution in [0.25, 0.3) is 0 Å². The third kappa shape index (κ3) is 4.70. The van der Waals surface area contributed by atoms with Gasteiger partial charge in [0.25, 0.3) is 5.91 Å². The summed E-state index contributed by atoms with van der Waals surface area (Å²) in [7, 11) is 3.32. The third-order valence-electron chi connectivity index (χ3n) is 8.96. The lowest BCUT2D eigenvalue weighted by atomic mass is 9.46. The number of aryl methyl sites for hydroxylation is 1. The average molecular weight is 478 g/mol. The molecule has 0 aliphatic heterocycles. The van der Waals surface area contributed by atoms with Gasteiger partial charge in [-0.3, -0.25) is 9.59 Å². The van der Waals surface area contributed by atoms with Gasteiger partial charge in [0.2, 0.25) is 0 Å². The Morgan fingerprint density at radius 2 is 1.91 bits per heavy atom. The van der Waals surface area contributed by atoms with Crippen LogP contribution in [-0.4, -0.2) is 30.9 Å². The summed E-state index contributed by atoms with van der Waals surface area (Å²) < 4.78 is 11.1. The first-order valence-electron chi connectivity index (χ1n) is 12.8. The summed E-state index contributed by atoms with van der Waals surface area (Å²) >= 11 is 0.